The van der Waals surface area contributed by atoms with Crippen LogP contribution in [0, 0.1) is 11.8 Å². The zero-order valence-corrected chi connectivity index (χ0v) is 11.8. The molecule has 2 N–H and O–H groups in total. The van der Waals surface area contributed by atoms with Crippen LogP contribution in [-0.2, 0) is 14.4 Å². The van der Waals surface area contributed by atoms with E-state index >= 15 is 0 Å². The number of likely N-dealkylation sites (tertiary alicyclic amines) is 1. The van der Waals surface area contributed by atoms with Crippen molar-refractivity contribution in [1.82, 2.24) is 10.2 Å². The molecule has 1 rings (SSSR count). The lowest BCUT2D eigenvalue weighted by Crippen LogP contribution is -2.52. The third-order valence-corrected chi connectivity index (χ3v) is 3.65. The van der Waals surface area contributed by atoms with E-state index in [2.05, 4.69) is 5.32 Å². The van der Waals surface area contributed by atoms with Crippen LogP contribution in [0.5, 0.6) is 0 Å². The fourth-order valence-electron chi connectivity index (χ4n) is 2.49. The molecule has 1 saturated heterocycles. The first-order valence-corrected chi connectivity index (χ1v) is 6.56. The number of carboxylic acid groups (broad SMARTS) is 1. The zero-order valence-electron chi connectivity index (χ0n) is 11.8. The highest BCUT2D eigenvalue weighted by atomic mass is 16.4. The van der Waals surface area contributed by atoms with Crippen molar-refractivity contribution in [3.05, 3.63) is 0 Å². The Morgan fingerprint density at radius 1 is 1.32 bits per heavy atom. The van der Waals surface area contributed by atoms with Gasteiger partial charge in [-0.3, -0.25) is 14.4 Å². The molecule has 0 bridgehead atoms. The lowest BCUT2D eigenvalue weighted by Gasteiger charge is -2.30. The quantitative estimate of drug-likeness (QED) is 0.777. The lowest BCUT2D eigenvalue weighted by atomic mass is 10.0. The molecule has 0 aromatic rings. The van der Waals surface area contributed by atoms with Crippen molar-refractivity contribution in [2.24, 2.45) is 11.8 Å². The molecule has 0 saturated carbocycles. The van der Waals surface area contributed by atoms with Crippen LogP contribution >= 0.6 is 0 Å². The number of hydrogen-bond acceptors (Lipinski definition) is 3. The molecule has 6 heteroatoms. The number of carboxylic acids is 1. The summed E-state index contributed by atoms with van der Waals surface area (Å²) in [5.74, 6) is -1.87. The molecule has 1 fully saturated rings. The minimum Gasteiger partial charge on any atom is -0.481 e. The molecule has 3 atom stereocenters. The predicted octanol–water partition coefficient (Wildman–Crippen LogP) is 0.469. The third kappa shape index (κ3) is 3.45. The Morgan fingerprint density at radius 2 is 1.89 bits per heavy atom. The largest absolute Gasteiger partial charge is 0.481 e. The molecule has 19 heavy (non-hydrogen) atoms. The van der Waals surface area contributed by atoms with Crippen LogP contribution in [0.25, 0.3) is 0 Å². The molecule has 1 heterocycles. The normalized spacial score (nSPS) is 24.4. The number of rotatable bonds is 4. The summed E-state index contributed by atoms with van der Waals surface area (Å²) in [6, 6.07) is -0.924. The maximum atomic E-state index is 12.4. The number of aliphatic carboxylic acids is 1. The maximum absolute atomic E-state index is 12.4. The molecule has 1 aliphatic heterocycles. The smallest absolute Gasteiger partial charge is 0.308 e. The number of nitrogens with one attached hydrogen (secondary N) is 1. The number of carbonyl (C=O) groups is 3. The van der Waals surface area contributed by atoms with E-state index in [0.29, 0.717) is 13.0 Å². The first kappa shape index (κ1) is 15.5. The molecule has 2 amide bonds. The van der Waals surface area contributed by atoms with Gasteiger partial charge in [0, 0.05) is 19.5 Å². The van der Waals surface area contributed by atoms with E-state index in [1.54, 1.807) is 11.8 Å². The van der Waals surface area contributed by atoms with Crippen LogP contribution in [0.3, 0.4) is 0 Å². The van der Waals surface area contributed by atoms with E-state index in [0.717, 1.165) is 0 Å². The Labute approximate surface area is 113 Å². The summed E-state index contributed by atoms with van der Waals surface area (Å²) in [6.45, 7) is 7.26. The molecule has 0 spiro atoms. The number of nitrogens with zero attached hydrogens (tertiary/aromatic N) is 1. The van der Waals surface area contributed by atoms with Crippen LogP contribution in [0.2, 0.25) is 0 Å². The van der Waals surface area contributed by atoms with E-state index in [9.17, 15) is 14.4 Å². The van der Waals surface area contributed by atoms with Gasteiger partial charge < -0.3 is 15.3 Å². The Bertz CT molecular complexity index is 381. The second kappa shape index (κ2) is 6.04. The second-order valence-electron chi connectivity index (χ2n) is 5.43. The Balaban J connectivity index is 2.81. The van der Waals surface area contributed by atoms with Crippen LogP contribution in [0.1, 0.15) is 34.1 Å². The molecule has 1 aliphatic rings. The summed E-state index contributed by atoms with van der Waals surface area (Å²) in [6.07, 6.45) is 0.465. The van der Waals surface area contributed by atoms with Crippen molar-refractivity contribution in [3.8, 4) is 0 Å². The summed E-state index contributed by atoms with van der Waals surface area (Å²) in [5, 5.41) is 11.7. The van der Waals surface area contributed by atoms with Crippen molar-refractivity contribution in [2.45, 2.75) is 46.2 Å². The minimum absolute atomic E-state index is 0.0347. The van der Waals surface area contributed by atoms with Gasteiger partial charge in [0.25, 0.3) is 0 Å². The molecule has 108 valence electrons. The van der Waals surface area contributed by atoms with Gasteiger partial charge in [0.2, 0.25) is 11.8 Å². The van der Waals surface area contributed by atoms with E-state index in [1.165, 1.54) is 6.92 Å². The number of hydrogen-bond donors (Lipinski definition) is 2. The van der Waals surface area contributed by atoms with Crippen molar-refractivity contribution >= 4 is 17.8 Å². The maximum Gasteiger partial charge on any atom is 0.308 e. The summed E-state index contributed by atoms with van der Waals surface area (Å²) < 4.78 is 0. The van der Waals surface area contributed by atoms with E-state index in [-0.39, 0.29) is 23.8 Å². The molecular formula is C13H22N2O4. The van der Waals surface area contributed by atoms with Crippen molar-refractivity contribution in [2.75, 3.05) is 6.54 Å². The topological polar surface area (TPSA) is 86.7 Å². The molecular weight excluding hydrogens is 248 g/mol. The molecule has 0 aromatic carbocycles. The van der Waals surface area contributed by atoms with Gasteiger partial charge in [-0.25, -0.2) is 0 Å². The Kier molecular flexibility index (Phi) is 4.91. The van der Waals surface area contributed by atoms with Crippen LogP contribution in [0.15, 0.2) is 0 Å². The highest BCUT2D eigenvalue weighted by molar-refractivity contribution is 5.88. The Morgan fingerprint density at radius 3 is 2.26 bits per heavy atom. The summed E-state index contributed by atoms with van der Waals surface area (Å²) in [7, 11) is 0. The van der Waals surface area contributed by atoms with Gasteiger partial charge in [-0.15, -0.1) is 0 Å². The first-order chi connectivity index (χ1) is 8.75. The average molecular weight is 270 g/mol. The van der Waals surface area contributed by atoms with Gasteiger partial charge in [0.05, 0.1) is 5.92 Å². The van der Waals surface area contributed by atoms with Crippen molar-refractivity contribution < 1.29 is 19.5 Å². The van der Waals surface area contributed by atoms with E-state index in [1.807, 2.05) is 13.8 Å². The van der Waals surface area contributed by atoms with Gasteiger partial charge in [-0.1, -0.05) is 13.8 Å². The number of amides is 2. The van der Waals surface area contributed by atoms with Gasteiger partial charge in [-0.05, 0) is 19.3 Å². The monoisotopic (exact) mass is 270 g/mol. The third-order valence-electron chi connectivity index (χ3n) is 3.65. The van der Waals surface area contributed by atoms with Gasteiger partial charge in [0.15, 0.2) is 0 Å². The lowest BCUT2D eigenvalue weighted by molar-refractivity contribution is -0.144. The van der Waals surface area contributed by atoms with E-state index < -0.39 is 17.9 Å². The fraction of sp³-hybridized carbons (Fsp3) is 0.769. The average Bonchev–Trinajstić information content (AvgIpc) is 2.66. The van der Waals surface area contributed by atoms with Crippen LogP contribution in [-0.4, -0.2) is 46.4 Å². The van der Waals surface area contributed by atoms with Gasteiger partial charge >= 0.3 is 5.97 Å². The summed E-state index contributed by atoms with van der Waals surface area (Å²) in [4.78, 5) is 36.2. The standard InChI is InChI=1S/C13H22N2O4/c1-7(2)11(14-9(4)16)12(17)15-6-5-10(8(15)3)13(18)19/h7-8,10-11H,5-6H2,1-4H3,(H,14,16)(H,18,19). The molecule has 0 aromatic heterocycles. The van der Waals surface area contributed by atoms with Crippen LogP contribution in [0.4, 0.5) is 0 Å². The van der Waals surface area contributed by atoms with Crippen LogP contribution < -0.4 is 5.32 Å². The highest BCUT2D eigenvalue weighted by Crippen LogP contribution is 2.25. The summed E-state index contributed by atoms with van der Waals surface area (Å²) in [5.41, 5.74) is 0. The molecule has 0 radical (unpaired) electrons. The summed E-state index contributed by atoms with van der Waals surface area (Å²) >= 11 is 0. The molecule has 6 nitrogen and oxygen atoms in total. The Hall–Kier alpha value is -1.59. The van der Waals surface area contributed by atoms with Crippen molar-refractivity contribution in [3.63, 3.8) is 0 Å². The van der Waals surface area contributed by atoms with E-state index in [4.69, 9.17) is 5.11 Å². The van der Waals surface area contributed by atoms with Crippen molar-refractivity contribution in [1.29, 1.82) is 0 Å². The SMILES string of the molecule is CC(=O)NC(C(=O)N1CCC(C(=O)O)C1C)C(C)C. The number of carbonyl (C=O) groups excluding carboxylic acids is 2. The minimum atomic E-state index is -0.872. The highest BCUT2D eigenvalue weighted by Gasteiger charge is 2.40. The predicted molar refractivity (Wildman–Crippen MR) is 69.4 cm³/mol. The second-order valence-corrected chi connectivity index (χ2v) is 5.43. The first-order valence-electron chi connectivity index (χ1n) is 6.56. The molecule has 3 unspecified atom stereocenters. The fourth-order valence-corrected chi connectivity index (χ4v) is 2.49. The zero-order chi connectivity index (χ0) is 14.7. The van der Waals surface area contributed by atoms with Gasteiger partial charge in [-0.2, -0.15) is 0 Å². The molecule has 0 aliphatic carbocycles. The van der Waals surface area contributed by atoms with Gasteiger partial charge in [0.1, 0.15) is 6.04 Å².